The first-order chi connectivity index (χ1) is 4.86. The van der Waals surface area contributed by atoms with E-state index >= 15 is 0 Å². The Morgan fingerprint density at radius 2 is 2.50 bits per heavy atom. The van der Waals surface area contributed by atoms with Crippen molar-refractivity contribution in [1.82, 2.24) is 0 Å². The summed E-state index contributed by atoms with van der Waals surface area (Å²) in [6, 6.07) is 0. The Labute approximate surface area is 60.3 Å². The van der Waals surface area contributed by atoms with E-state index in [1.807, 2.05) is 19.1 Å². The Morgan fingerprint density at radius 3 is 3.00 bits per heavy atom. The Bertz CT molecular complexity index is 122. The van der Waals surface area contributed by atoms with Gasteiger partial charge in [-0.1, -0.05) is 6.08 Å². The maximum atomic E-state index is 8.62. The van der Waals surface area contributed by atoms with E-state index in [2.05, 4.69) is 0 Å². The van der Waals surface area contributed by atoms with Gasteiger partial charge in [-0.15, -0.1) is 0 Å². The average Bonchev–Trinajstić information content (AvgIpc) is 2.37. The maximum absolute atomic E-state index is 8.62. The minimum absolute atomic E-state index is 0.0358. The predicted octanol–water partition coefficient (Wildman–Crippen LogP) is 0.296. The van der Waals surface area contributed by atoms with Crippen LogP contribution in [0.5, 0.6) is 0 Å². The van der Waals surface area contributed by atoms with Crippen molar-refractivity contribution >= 4 is 0 Å². The molecule has 1 heterocycles. The molecule has 1 fully saturated rings. The lowest BCUT2D eigenvalue weighted by Crippen LogP contribution is -2.15. The summed E-state index contributed by atoms with van der Waals surface area (Å²) in [6.45, 7) is 2.43. The molecule has 0 amide bonds. The van der Waals surface area contributed by atoms with Crippen LogP contribution in [-0.2, 0) is 9.47 Å². The lowest BCUT2D eigenvalue weighted by Gasteiger charge is -2.03. The van der Waals surface area contributed by atoms with Crippen molar-refractivity contribution in [3.8, 4) is 0 Å². The fourth-order valence-electron chi connectivity index (χ4n) is 0.824. The number of allylic oxidation sites excluding steroid dienone is 1. The van der Waals surface area contributed by atoms with Crippen LogP contribution >= 0.6 is 0 Å². The van der Waals surface area contributed by atoms with E-state index in [1.54, 1.807) is 0 Å². The van der Waals surface area contributed by atoms with Crippen LogP contribution in [0.15, 0.2) is 12.2 Å². The predicted molar refractivity (Wildman–Crippen MR) is 36.5 cm³/mol. The third kappa shape index (κ3) is 1.80. The fraction of sp³-hybridized carbons (Fsp3) is 0.714. The van der Waals surface area contributed by atoms with E-state index in [0.29, 0.717) is 6.61 Å². The van der Waals surface area contributed by atoms with Gasteiger partial charge in [0.25, 0.3) is 0 Å². The van der Waals surface area contributed by atoms with Gasteiger partial charge in [-0.05, 0) is 13.0 Å². The molecule has 0 aromatic carbocycles. The van der Waals surface area contributed by atoms with Crippen LogP contribution in [0, 0.1) is 0 Å². The molecule has 0 saturated carbocycles. The Balaban J connectivity index is 2.28. The Kier molecular flexibility index (Phi) is 2.86. The molecule has 0 aromatic rings. The molecule has 2 atom stereocenters. The average molecular weight is 144 g/mol. The summed E-state index contributed by atoms with van der Waals surface area (Å²) >= 11 is 0. The number of rotatable bonds is 2. The summed E-state index contributed by atoms with van der Waals surface area (Å²) in [5, 5.41) is 8.62. The van der Waals surface area contributed by atoms with Crippen LogP contribution in [-0.4, -0.2) is 30.7 Å². The van der Waals surface area contributed by atoms with Gasteiger partial charge in [-0.25, -0.2) is 0 Å². The molecule has 1 N–H and O–H groups in total. The Morgan fingerprint density at radius 1 is 1.70 bits per heavy atom. The molecule has 0 aromatic heterocycles. The second-order valence-electron chi connectivity index (χ2n) is 2.17. The SMILES string of the molecule is C/C=C/[C@H]1OC[C@H](CO)O1. The first-order valence-corrected chi connectivity index (χ1v) is 3.37. The molecule has 3 heteroatoms. The molecular formula is C7H12O3. The molecule has 0 aliphatic carbocycles. The molecule has 0 bridgehead atoms. The number of aliphatic hydroxyl groups is 1. The highest BCUT2D eigenvalue weighted by Gasteiger charge is 2.22. The first kappa shape index (κ1) is 7.72. The number of hydrogen-bond acceptors (Lipinski definition) is 3. The molecule has 3 nitrogen and oxygen atoms in total. The summed E-state index contributed by atoms with van der Waals surface area (Å²) in [4.78, 5) is 0. The van der Waals surface area contributed by atoms with Gasteiger partial charge in [0.05, 0.1) is 13.2 Å². The van der Waals surface area contributed by atoms with Gasteiger partial charge in [0.1, 0.15) is 6.10 Å². The van der Waals surface area contributed by atoms with E-state index < -0.39 is 0 Å². The molecule has 1 saturated heterocycles. The van der Waals surface area contributed by atoms with Gasteiger partial charge >= 0.3 is 0 Å². The molecule has 1 rings (SSSR count). The molecular weight excluding hydrogens is 132 g/mol. The lowest BCUT2D eigenvalue weighted by atomic mass is 10.4. The Hall–Kier alpha value is -0.380. The van der Waals surface area contributed by atoms with Crippen LogP contribution in [0.1, 0.15) is 6.92 Å². The smallest absolute Gasteiger partial charge is 0.177 e. The molecule has 0 unspecified atom stereocenters. The molecule has 10 heavy (non-hydrogen) atoms. The van der Waals surface area contributed by atoms with Crippen LogP contribution in [0.4, 0.5) is 0 Å². The van der Waals surface area contributed by atoms with Crippen LogP contribution < -0.4 is 0 Å². The van der Waals surface area contributed by atoms with Gasteiger partial charge < -0.3 is 14.6 Å². The third-order valence-corrected chi connectivity index (χ3v) is 1.33. The summed E-state index contributed by atoms with van der Waals surface area (Å²) in [6.07, 6.45) is 3.29. The van der Waals surface area contributed by atoms with Crippen molar-refractivity contribution < 1.29 is 14.6 Å². The minimum atomic E-state index is -0.248. The van der Waals surface area contributed by atoms with E-state index in [4.69, 9.17) is 14.6 Å². The monoisotopic (exact) mass is 144 g/mol. The maximum Gasteiger partial charge on any atom is 0.177 e. The van der Waals surface area contributed by atoms with E-state index in [0.717, 1.165) is 0 Å². The van der Waals surface area contributed by atoms with Crippen LogP contribution in [0.2, 0.25) is 0 Å². The minimum Gasteiger partial charge on any atom is -0.394 e. The number of hydrogen-bond donors (Lipinski definition) is 1. The van der Waals surface area contributed by atoms with Crippen molar-refractivity contribution in [2.75, 3.05) is 13.2 Å². The third-order valence-electron chi connectivity index (χ3n) is 1.33. The summed E-state index contributed by atoms with van der Waals surface area (Å²) in [7, 11) is 0. The zero-order valence-electron chi connectivity index (χ0n) is 5.99. The van der Waals surface area contributed by atoms with Crippen LogP contribution in [0.25, 0.3) is 0 Å². The van der Waals surface area contributed by atoms with Crippen molar-refractivity contribution in [2.45, 2.75) is 19.3 Å². The van der Waals surface area contributed by atoms with E-state index in [9.17, 15) is 0 Å². The molecule has 58 valence electrons. The zero-order valence-corrected chi connectivity index (χ0v) is 5.99. The quantitative estimate of drug-likeness (QED) is 0.566. The first-order valence-electron chi connectivity index (χ1n) is 3.37. The van der Waals surface area contributed by atoms with Gasteiger partial charge in [-0.2, -0.15) is 0 Å². The summed E-state index contributed by atoms with van der Waals surface area (Å²) in [5.74, 6) is 0. The van der Waals surface area contributed by atoms with E-state index in [-0.39, 0.29) is 19.0 Å². The lowest BCUT2D eigenvalue weighted by molar-refractivity contribution is -0.0299. The van der Waals surface area contributed by atoms with Crippen molar-refractivity contribution in [2.24, 2.45) is 0 Å². The number of ether oxygens (including phenoxy) is 2. The van der Waals surface area contributed by atoms with Crippen molar-refractivity contribution in [3.05, 3.63) is 12.2 Å². The topological polar surface area (TPSA) is 38.7 Å². The number of aliphatic hydroxyl groups excluding tert-OH is 1. The fourth-order valence-corrected chi connectivity index (χ4v) is 0.824. The normalized spacial score (nSPS) is 33.8. The second kappa shape index (κ2) is 3.71. The van der Waals surface area contributed by atoms with Crippen LogP contribution in [0.3, 0.4) is 0 Å². The molecule has 0 spiro atoms. The highest BCUT2D eigenvalue weighted by atomic mass is 16.7. The van der Waals surface area contributed by atoms with Gasteiger partial charge in [-0.3, -0.25) is 0 Å². The van der Waals surface area contributed by atoms with Crippen molar-refractivity contribution in [3.63, 3.8) is 0 Å². The summed E-state index contributed by atoms with van der Waals surface area (Å²) in [5.41, 5.74) is 0. The van der Waals surface area contributed by atoms with E-state index in [1.165, 1.54) is 0 Å². The highest BCUT2D eigenvalue weighted by Crippen LogP contribution is 2.11. The molecule has 1 aliphatic rings. The van der Waals surface area contributed by atoms with Gasteiger partial charge in [0, 0.05) is 0 Å². The van der Waals surface area contributed by atoms with Gasteiger partial charge in [0.2, 0.25) is 0 Å². The second-order valence-corrected chi connectivity index (χ2v) is 2.17. The zero-order chi connectivity index (χ0) is 7.40. The highest BCUT2D eigenvalue weighted by molar-refractivity contribution is 4.84. The van der Waals surface area contributed by atoms with Crippen molar-refractivity contribution in [1.29, 1.82) is 0 Å². The standard InChI is InChI=1S/C7H12O3/c1-2-3-7-9-5-6(4-8)10-7/h2-3,6-8H,4-5H2,1H3/b3-2+/t6-,7-/m0/s1. The molecule has 0 radical (unpaired) electrons. The molecule has 1 aliphatic heterocycles. The summed E-state index contributed by atoms with van der Waals surface area (Å²) < 4.78 is 10.3. The largest absolute Gasteiger partial charge is 0.394 e. The van der Waals surface area contributed by atoms with Gasteiger partial charge in [0.15, 0.2) is 6.29 Å².